The molecule has 108 valence electrons. The Labute approximate surface area is 113 Å². The molecule has 2 saturated heterocycles. The molecule has 0 bridgehead atoms. The minimum atomic E-state index is -0.760. The molecule has 2 aliphatic rings. The normalized spacial score (nSPS) is 25.4. The number of likely N-dealkylation sites (tertiary alicyclic amines) is 2. The molecule has 0 saturated carbocycles. The van der Waals surface area contributed by atoms with Gasteiger partial charge in [0.15, 0.2) is 0 Å². The Morgan fingerprint density at radius 2 is 1.74 bits per heavy atom. The number of amides is 2. The van der Waals surface area contributed by atoms with Gasteiger partial charge >= 0.3 is 12.0 Å². The van der Waals surface area contributed by atoms with Crippen LogP contribution >= 0.6 is 0 Å². The first-order chi connectivity index (χ1) is 9.06. The van der Waals surface area contributed by atoms with Crippen LogP contribution in [0, 0.1) is 5.92 Å². The zero-order chi connectivity index (χ0) is 13.8. The molecule has 0 aliphatic carbocycles. The Morgan fingerprint density at radius 1 is 1.05 bits per heavy atom. The molecule has 2 aliphatic heterocycles. The van der Waals surface area contributed by atoms with Gasteiger partial charge in [-0.05, 0) is 31.6 Å². The van der Waals surface area contributed by atoms with Crippen molar-refractivity contribution in [1.82, 2.24) is 9.80 Å². The maximum Gasteiger partial charge on any atom is 0.320 e. The second-order valence-corrected chi connectivity index (χ2v) is 5.55. The fourth-order valence-corrected chi connectivity index (χ4v) is 2.90. The number of hydrogen-bond acceptors (Lipinski definition) is 3. The van der Waals surface area contributed by atoms with E-state index in [4.69, 9.17) is 5.11 Å². The van der Waals surface area contributed by atoms with Crippen LogP contribution < -0.4 is 0 Å². The quantitative estimate of drug-likeness (QED) is 0.776. The van der Waals surface area contributed by atoms with Gasteiger partial charge in [-0.2, -0.15) is 0 Å². The number of carboxylic acids is 1. The van der Waals surface area contributed by atoms with Crippen LogP contribution in [-0.4, -0.2) is 64.3 Å². The van der Waals surface area contributed by atoms with E-state index >= 15 is 0 Å². The third-order valence-corrected chi connectivity index (χ3v) is 4.02. The number of carbonyl (C=O) groups excluding carboxylic acids is 1. The summed E-state index contributed by atoms with van der Waals surface area (Å²) in [5, 5.41) is 18.3. The molecule has 2 amide bonds. The van der Waals surface area contributed by atoms with Crippen molar-refractivity contribution in [3.63, 3.8) is 0 Å². The topological polar surface area (TPSA) is 81.1 Å². The van der Waals surface area contributed by atoms with Gasteiger partial charge in [-0.25, -0.2) is 4.79 Å². The Balaban J connectivity index is 1.80. The second kappa shape index (κ2) is 6.23. The summed E-state index contributed by atoms with van der Waals surface area (Å²) in [4.78, 5) is 26.4. The summed E-state index contributed by atoms with van der Waals surface area (Å²) in [6.45, 7) is 2.39. The monoisotopic (exact) mass is 270 g/mol. The average molecular weight is 270 g/mol. The van der Waals surface area contributed by atoms with Crippen molar-refractivity contribution in [2.75, 3.05) is 26.2 Å². The van der Waals surface area contributed by atoms with Gasteiger partial charge in [-0.3, -0.25) is 4.79 Å². The highest BCUT2D eigenvalue weighted by atomic mass is 16.4. The number of carbonyl (C=O) groups is 2. The van der Waals surface area contributed by atoms with E-state index in [1.807, 2.05) is 0 Å². The highest BCUT2D eigenvalue weighted by Crippen LogP contribution is 2.22. The van der Waals surface area contributed by atoms with E-state index in [0.29, 0.717) is 26.2 Å². The number of aliphatic carboxylic acids is 1. The van der Waals surface area contributed by atoms with Gasteiger partial charge in [0.2, 0.25) is 0 Å². The standard InChI is InChI=1S/C13H22N2O4/c16-11-2-1-5-15(9-11)13(19)14-6-3-10(4-7-14)8-12(17)18/h10-11,16H,1-9H2,(H,17,18). The van der Waals surface area contributed by atoms with Gasteiger partial charge in [0.05, 0.1) is 6.10 Å². The van der Waals surface area contributed by atoms with Gasteiger partial charge in [0, 0.05) is 32.6 Å². The molecule has 1 unspecified atom stereocenters. The van der Waals surface area contributed by atoms with Crippen molar-refractivity contribution >= 4 is 12.0 Å². The Bertz CT molecular complexity index is 340. The van der Waals surface area contributed by atoms with Crippen molar-refractivity contribution in [2.24, 2.45) is 5.92 Å². The van der Waals surface area contributed by atoms with Crippen molar-refractivity contribution in [3.05, 3.63) is 0 Å². The highest BCUT2D eigenvalue weighted by molar-refractivity contribution is 5.74. The van der Waals surface area contributed by atoms with Crippen molar-refractivity contribution in [1.29, 1.82) is 0 Å². The molecule has 2 fully saturated rings. The number of carboxylic acid groups (broad SMARTS) is 1. The predicted molar refractivity (Wildman–Crippen MR) is 68.8 cm³/mol. The van der Waals surface area contributed by atoms with E-state index in [9.17, 15) is 14.7 Å². The van der Waals surface area contributed by atoms with Crippen molar-refractivity contribution < 1.29 is 19.8 Å². The molecule has 0 spiro atoms. The van der Waals surface area contributed by atoms with E-state index in [2.05, 4.69) is 0 Å². The summed E-state index contributed by atoms with van der Waals surface area (Å²) in [6.07, 6.45) is 2.93. The Kier molecular flexibility index (Phi) is 4.63. The highest BCUT2D eigenvalue weighted by Gasteiger charge is 2.29. The molecule has 2 rings (SSSR count). The van der Waals surface area contributed by atoms with Crippen LogP contribution in [0.4, 0.5) is 4.79 Å². The molecule has 0 aromatic carbocycles. The number of nitrogens with zero attached hydrogens (tertiary/aromatic N) is 2. The maximum atomic E-state index is 12.3. The molecular formula is C13H22N2O4. The SMILES string of the molecule is O=C(O)CC1CCN(C(=O)N2CCCC(O)C2)CC1. The summed E-state index contributed by atoms with van der Waals surface area (Å²) in [5.41, 5.74) is 0. The lowest BCUT2D eigenvalue weighted by molar-refractivity contribution is -0.138. The van der Waals surface area contributed by atoms with Gasteiger partial charge in [0.1, 0.15) is 0 Å². The number of urea groups is 1. The number of β-amino-alcohol motifs (C(OH)–C–C–N with tert-alkyl or cyclic N) is 1. The van der Waals surface area contributed by atoms with Crippen LogP contribution in [0.15, 0.2) is 0 Å². The fraction of sp³-hybridized carbons (Fsp3) is 0.846. The van der Waals surface area contributed by atoms with Crippen LogP contribution in [-0.2, 0) is 4.79 Å². The van der Waals surface area contributed by atoms with Crippen LogP contribution in [0.25, 0.3) is 0 Å². The Hall–Kier alpha value is -1.30. The average Bonchev–Trinajstić information content (AvgIpc) is 2.38. The zero-order valence-electron chi connectivity index (χ0n) is 11.1. The first-order valence-electron chi connectivity index (χ1n) is 7.00. The van der Waals surface area contributed by atoms with Crippen LogP contribution in [0.3, 0.4) is 0 Å². The summed E-state index contributed by atoms with van der Waals surface area (Å²) in [7, 11) is 0. The summed E-state index contributed by atoms with van der Waals surface area (Å²) >= 11 is 0. The van der Waals surface area contributed by atoms with Gasteiger partial charge in [-0.1, -0.05) is 0 Å². The largest absolute Gasteiger partial charge is 0.481 e. The number of aliphatic hydroxyl groups is 1. The number of aliphatic hydroxyl groups excluding tert-OH is 1. The third kappa shape index (κ3) is 3.83. The summed E-state index contributed by atoms with van der Waals surface area (Å²) < 4.78 is 0. The summed E-state index contributed by atoms with van der Waals surface area (Å²) in [5.74, 6) is -0.572. The molecule has 6 nitrogen and oxygen atoms in total. The van der Waals surface area contributed by atoms with E-state index in [1.165, 1.54) is 0 Å². The smallest absolute Gasteiger partial charge is 0.320 e. The van der Waals surface area contributed by atoms with E-state index < -0.39 is 12.1 Å². The molecule has 6 heteroatoms. The lowest BCUT2D eigenvalue weighted by Gasteiger charge is -2.38. The molecule has 2 heterocycles. The Morgan fingerprint density at radius 3 is 2.32 bits per heavy atom. The maximum absolute atomic E-state index is 12.3. The lowest BCUT2D eigenvalue weighted by Crippen LogP contribution is -2.51. The molecule has 0 aromatic heterocycles. The van der Waals surface area contributed by atoms with Crippen molar-refractivity contribution in [3.8, 4) is 0 Å². The fourth-order valence-electron chi connectivity index (χ4n) is 2.90. The molecule has 0 radical (unpaired) electrons. The molecule has 0 aromatic rings. The zero-order valence-corrected chi connectivity index (χ0v) is 11.1. The first-order valence-corrected chi connectivity index (χ1v) is 7.00. The second-order valence-electron chi connectivity index (χ2n) is 5.55. The van der Waals surface area contributed by atoms with Gasteiger partial charge < -0.3 is 20.0 Å². The molecule has 19 heavy (non-hydrogen) atoms. The lowest BCUT2D eigenvalue weighted by atomic mass is 9.94. The van der Waals surface area contributed by atoms with E-state index in [-0.39, 0.29) is 18.4 Å². The van der Waals surface area contributed by atoms with E-state index in [1.54, 1.807) is 9.80 Å². The molecular weight excluding hydrogens is 248 g/mol. The van der Waals surface area contributed by atoms with Crippen LogP contribution in [0.2, 0.25) is 0 Å². The van der Waals surface area contributed by atoms with Crippen LogP contribution in [0.5, 0.6) is 0 Å². The van der Waals surface area contributed by atoms with Gasteiger partial charge in [-0.15, -0.1) is 0 Å². The van der Waals surface area contributed by atoms with E-state index in [0.717, 1.165) is 25.7 Å². The third-order valence-electron chi connectivity index (χ3n) is 4.02. The van der Waals surface area contributed by atoms with Gasteiger partial charge in [0.25, 0.3) is 0 Å². The van der Waals surface area contributed by atoms with Crippen molar-refractivity contribution in [2.45, 2.75) is 38.2 Å². The minimum absolute atomic E-state index is 0.00692. The predicted octanol–water partition coefficient (Wildman–Crippen LogP) is 0.750. The first kappa shape index (κ1) is 14.1. The van der Waals surface area contributed by atoms with Crippen LogP contribution in [0.1, 0.15) is 32.1 Å². The molecule has 1 atom stereocenters. The number of piperidine rings is 2. The number of hydrogen-bond donors (Lipinski definition) is 2. The number of rotatable bonds is 2. The molecule has 2 N–H and O–H groups in total. The summed E-state index contributed by atoms with van der Waals surface area (Å²) in [6, 6.07) is -0.00692. The minimum Gasteiger partial charge on any atom is -0.481 e.